The van der Waals surface area contributed by atoms with Crippen molar-refractivity contribution < 1.29 is 4.79 Å². The van der Waals surface area contributed by atoms with E-state index in [1.807, 2.05) is 32.3 Å². The molecule has 4 heteroatoms. The molecule has 0 radical (unpaired) electrons. The molecule has 0 aromatic heterocycles. The van der Waals surface area contributed by atoms with E-state index < -0.39 is 0 Å². The van der Waals surface area contributed by atoms with Crippen LogP contribution in [0.4, 0.5) is 5.69 Å². The van der Waals surface area contributed by atoms with Gasteiger partial charge in [0.15, 0.2) is 0 Å². The predicted molar refractivity (Wildman–Crippen MR) is 98.4 cm³/mol. The van der Waals surface area contributed by atoms with E-state index in [2.05, 4.69) is 54.7 Å². The topological polar surface area (TPSA) is 39.6 Å². The fraction of sp³-hybridized carbons (Fsp3) is 0.389. The lowest BCUT2D eigenvalue weighted by Crippen LogP contribution is -2.24. The minimum atomic E-state index is 0.167. The molecule has 1 aromatic carbocycles. The molecule has 3 nitrogen and oxygen atoms in total. The molecule has 1 aromatic rings. The predicted octanol–water partition coefficient (Wildman–Crippen LogP) is 4.22. The molecule has 1 aliphatic rings. The Morgan fingerprint density at radius 3 is 2.45 bits per heavy atom. The van der Waals surface area contributed by atoms with Crippen LogP contribution in [0.25, 0.3) is 11.1 Å². The standard InChI is InChI=1S/C18H24N3P/c1-18(2,3)22-16-12-8-10-14(17(16)20-19)13-9-6-7-11-15(13)21(4)5/h6-12,16,22H,1-5H3. The monoisotopic (exact) mass is 313 g/mol. The van der Waals surface area contributed by atoms with Gasteiger partial charge in [-0.25, -0.2) is 0 Å². The molecule has 0 spiro atoms. The quantitative estimate of drug-likeness (QED) is 0.468. The number of hydrogen-bond donors (Lipinski definition) is 0. The van der Waals surface area contributed by atoms with Gasteiger partial charge < -0.3 is 10.4 Å². The molecule has 0 saturated heterocycles. The Balaban J connectivity index is 2.46. The Bertz CT molecular complexity index is 659. The number of rotatable bonds is 3. The van der Waals surface area contributed by atoms with E-state index in [-0.39, 0.29) is 10.8 Å². The van der Waals surface area contributed by atoms with Crippen molar-refractivity contribution in [1.82, 2.24) is 0 Å². The number of anilines is 1. The molecule has 0 bridgehead atoms. The summed E-state index contributed by atoms with van der Waals surface area (Å²) in [6.45, 7) is 6.67. The van der Waals surface area contributed by atoms with Crippen molar-refractivity contribution in [1.29, 1.82) is 0 Å². The summed E-state index contributed by atoms with van der Waals surface area (Å²) in [6, 6.07) is 8.23. The highest BCUT2D eigenvalue weighted by atomic mass is 31.1. The average Bonchev–Trinajstić information content (AvgIpc) is 2.45. The van der Waals surface area contributed by atoms with Crippen molar-refractivity contribution in [2.24, 2.45) is 0 Å². The van der Waals surface area contributed by atoms with E-state index in [0.717, 1.165) is 22.5 Å². The zero-order chi connectivity index (χ0) is 16.3. The molecule has 0 amide bonds. The Hall–Kier alpha value is -1.69. The summed E-state index contributed by atoms with van der Waals surface area (Å²) < 4.78 is 0. The van der Waals surface area contributed by atoms with Crippen LogP contribution in [-0.2, 0) is 0 Å². The van der Waals surface area contributed by atoms with Crippen LogP contribution in [0, 0.1) is 0 Å². The Kier molecular flexibility index (Phi) is 5.01. The van der Waals surface area contributed by atoms with E-state index in [1.165, 1.54) is 0 Å². The third-order valence-corrected chi connectivity index (χ3v) is 5.15. The first kappa shape index (κ1) is 16.7. The summed E-state index contributed by atoms with van der Waals surface area (Å²) in [4.78, 5) is 5.74. The number of para-hydroxylation sites is 1. The van der Waals surface area contributed by atoms with Crippen molar-refractivity contribution in [2.45, 2.75) is 31.6 Å². The first-order valence-corrected chi connectivity index (χ1v) is 8.56. The van der Waals surface area contributed by atoms with Crippen molar-refractivity contribution in [3.63, 3.8) is 0 Å². The highest BCUT2D eigenvalue weighted by Gasteiger charge is 2.32. The van der Waals surface area contributed by atoms with Crippen LogP contribution in [0.5, 0.6) is 0 Å². The van der Waals surface area contributed by atoms with Crippen LogP contribution in [0.1, 0.15) is 26.3 Å². The number of nitrogens with zero attached hydrogens (tertiary/aromatic N) is 3. The van der Waals surface area contributed by atoms with Gasteiger partial charge in [-0.3, -0.25) is 0 Å². The lowest BCUT2D eigenvalue weighted by Gasteiger charge is -2.25. The van der Waals surface area contributed by atoms with Gasteiger partial charge in [-0.2, -0.15) is 4.79 Å². The number of hydrogen-bond acceptors (Lipinski definition) is 1. The van der Waals surface area contributed by atoms with E-state index in [0.29, 0.717) is 8.58 Å². The molecule has 22 heavy (non-hydrogen) atoms. The summed E-state index contributed by atoms with van der Waals surface area (Å²) in [5.41, 5.74) is 13.8. The molecule has 1 aliphatic carbocycles. The third kappa shape index (κ3) is 3.74. The number of allylic oxidation sites excluding steroid dienone is 4. The normalized spacial score (nSPS) is 18.5. The van der Waals surface area contributed by atoms with Gasteiger partial charge in [0.05, 0.1) is 11.2 Å². The lowest BCUT2D eigenvalue weighted by molar-refractivity contribution is -0.00413. The summed E-state index contributed by atoms with van der Waals surface area (Å²) in [5.74, 6) is 0. The molecular weight excluding hydrogens is 289 g/mol. The van der Waals surface area contributed by atoms with Crippen LogP contribution in [0.3, 0.4) is 0 Å². The van der Waals surface area contributed by atoms with Crippen molar-refractivity contribution in [2.75, 3.05) is 19.0 Å². The van der Waals surface area contributed by atoms with Crippen LogP contribution >= 0.6 is 8.58 Å². The molecular formula is C18H24N3P. The smallest absolute Gasteiger partial charge is 0.310 e. The molecule has 2 rings (SSSR count). The van der Waals surface area contributed by atoms with Gasteiger partial charge in [-0.05, 0) is 17.3 Å². The maximum atomic E-state index is 9.62. The van der Waals surface area contributed by atoms with Crippen LogP contribution in [0.2, 0.25) is 0 Å². The highest BCUT2D eigenvalue weighted by Crippen LogP contribution is 2.41. The Labute approximate surface area is 135 Å². The van der Waals surface area contributed by atoms with Gasteiger partial charge in [0, 0.05) is 25.3 Å². The summed E-state index contributed by atoms with van der Waals surface area (Å²) in [5, 5.41) is 0.203. The number of benzene rings is 1. The van der Waals surface area contributed by atoms with E-state index in [1.54, 1.807) is 0 Å². The first-order chi connectivity index (χ1) is 10.3. The van der Waals surface area contributed by atoms with E-state index >= 15 is 0 Å². The maximum absolute atomic E-state index is 9.62. The molecule has 2 unspecified atom stereocenters. The first-order valence-electron chi connectivity index (χ1n) is 7.49. The Morgan fingerprint density at radius 1 is 1.18 bits per heavy atom. The molecule has 0 N–H and O–H groups in total. The van der Waals surface area contributed by atoms with Crippen molar-refractivity contribution >= 4 is 25.6 Å². The second-order valence-corrected chi connectivity index (χ2v) is 9.14. The summed E-state index contributed by atoms with van der Waals surface area (Å²) in [7, 11) is 4.73. The van der Waals surface area contributed by atoms with Gasteiger partial charge in [0.2, 0.25) is 0 Å². The van der Waals surface area contributed by atoms with Gasteiger partial charge in [-0.1, -0.05) is 59.7 Å². The molecule has 0 heterocycles. The molecule has 0 fully saturated rings. The zero-order valence-electron chi connectivity index (χ0n) is 14.0. The average molecular weight is 313 g/mol. The minimum absolute atomic E-state index is 0.167. The summed E-state index contributed by atoms with van der Waals surface area (Å²) >= 11 is 0. The van der Waals surface area contributed by atoms with Gasteiger partial charge in [-0.15, -0.1) is 0 Å². The highest BCUT2D eigenvalue weighted by molar-refractivity contribution is 7.42. The van der Waals surface area contributed by atoms with Gasteiger partial charge in [0.25, 0.3) is 0 Å². The van der Waals surface area contributed by atoms with E-state index in [9.17, 15) is 5.53 Å². The SMILES string of the molecule is CN(C)c1ccccc1C1=CC=CC(PC(C)(C)C)C1=[N+]=[N-]. The minimum Gasteiger partial charge on any atom is -0.377 e. The van der Waals surface area contributed by atoms with Crippen molar-refractivity contribution in [3.8, 4) is 0 Å². The Morgan fingerprint density at radius 2 is 1.86 bits per heavy atom. The van der Waals surface area contributed by atoms with Crippen molar-refractivity contribution in [3.05, 3.63) is 53.6 Å². The fourth-order valence-corrected chi connectivity index (χ4v) is 4.12. The molecule has 116 valence electrons. The third-order valence-electron chi connectivity index (χ3n) is 3.51. The fourth-order valence-electron chi connectivity index (χ4n) is 2.63. The summed E-state index contributed by atoms with van der Waals surface area (Å²) in [6.07, 6.45) is 6.27. The molecule has 0 aliphatic heterocycles. The maximum Gasteiger partial charge on any atom is 0.310 e. The zero-order valence-corrected chi connectivity index (χ0v) is 15.0. The van der Waals surface area contributed by atoms with Crippen LogP contribution < -0.4 is 4.90 Å². The second-order valence-electron chi connectivity index (χ2n) is 6.73. The van der Waals surface area contributed by atoms with Gasteiger partial charge in [0.1, 0.15) is 0 Å². The second kappa shape index (κ2) is 6.60. The van der Waals surface area contributed by atoms with Crippen LogP contribution in [-0.4, -0.2) is 35.4 Å². The lowest BCUT2D eigenvalue weighted by atomic mass is 9.93. The molecule has 0 saturated carbocycles. The van der Waals surface area contributed by atoms with E-state index in [4.69, 9.17) is 0 Å². The van der Waals surface area contributed by atoms with Gasteiger partial charge >= 0.3 is 5.71 Å². The largest absolute Gasteiger partial charge is 0.377 e. The van der Waals surface area contributed by atoms with Crippen LogP contribution in [0.15, 0.2) is 42.5 Å². The molecule has 2 atom stereocenters.